The van der Waals surface area contributed by atoms with Gasteiger partial charge in [0.05, 0.1) is 19.3 Å². The van der Waals surface area contributed by atoms with Crippen molar-refractivity contribution in [2.24, 2.45) is 22.7 Å². The van der Waals surface area contributed by atoms with E-state index in [0.717, 1.165) is 6.42 Å². The van der Waals surface area contributed by atoms with E-state index in [9.17, 15) is 10.2 Å². The van der Waals surface area contributed by atoms with Crippen LogP contribution in [0.4, 0.5) is 5.82 Å². The van der Waals surface area contributed by atoms with Gasteiger partial charge in [-0.2, -0.15) is 0 Å². The second kappa shape index (κ2) is 10.4. The lowest BCUT2D eigenvalue weighted by atomic mass is 9.52. The molecular formula is C30H46N5O3+. The number of rotatable bonds is 7. The fourth-order valence-electron chi connectivity index (χ4n) is 7.18. The van der Waals surface area contributed by atoms with Crippen LogP contribution in [-0.4, -0.2) is 43.6 Å². The highest BCUT2D eigenvalue weighted by atomic mass is 16.5. The van der Waals surface area contributed by atoms with E-state index in [-0.39, 0.29) is 6.61 Å². The molecule has 4 N–H and O–H groups in total. The standard InChI is InChI=1S/C30H45N5O3/c1-19(10-13-30(5)20(2)8-9-21-22(30)7-6-12-29(21,3)4)11-14-34-17-33-28-26(27(34)31)32-18-35(28)25-15-23(37)24(16-36)38-25/h9,11,17-18,20,22-25,31,36-37H,6-8,10,12-16H2,1-5H3/p+1/b19-11+/t20-,22+,23-,24+,25+,30+/m0/s1. The zero-order valence-electron chi connectivity index (χ0n) is 23.7. The van der Waals surface area contributed by atoms with Crippen LogP contribution in [0.3, 0.4) is 0 Å². The number of imidazole rings is 1. The lowest BCUT2D eigenvalue weighted by Crippen LogP contribution is -2.43. The molecule has 1 saturated heterocycles. The summed E-state index contributed by atoms with van der Waals surface area (Å²) in [5.41, 5.74) is 11.5. The van der Waals surface area contributed by atoms with Gasteiger partial charge in [-0.05, 0) is 61.7 Å². The molecule has 3 heterocycles. The number of fused-ring (bicyclic) bond motifs is 2. The highest BCUT2D eigenvalue weighted by Crippen LogP contribution is 2.58. The number of anilines is 1. The maximum absolute atomic E-state index is 10.1. The van der Waals surface area contributed by atoms with Crippen molar-refractivity contribution in [3.05, 3.63) is 36.0 Å². The van der Waals surface area contributed by atoms with E-state index < -0.39 is 18.4 Å². The molecule has 1 aliphatic heterocycles. The van der Waals surface area contributed by atoms with Gasteiger partial charge in [0.25, 0.3) is 5.82 Å². The predicted octanol–water partition coefficient (Wildman–Crippen LogP) is 4.47. The molecule has 5 rings (SSSR count). The molecular weight excluding hydrogens is 478 g/mol. The smallest absolute Gasteiger partial charge is 0.251 e. The number of aliphatic hydroxyl groups excluding tert-OH is 2. The fourth-order valence-corrected chi connectivity index (χ4v) is 7.18. The van der Waals surface area contributed by atoms with Gasteiger partial charge in [-0.3, -0.25) is 4.57 Å². The van der Waals surface area contributed by atoms with Crippen molar-refractivity contribution < 1.29 is 19.5 Å². The molecule has 0 aromatic carbocycles. The zero-order chi connectivity index (χ0) is 27.2. The summed E-state index contributed by atoms with van der Waals surface area (Å²) >= 11 is 0. The van der Waals surface area contributed by atoms with Crippen LogP contribution in [0, 0.1) is 22.7 Å². The Morgan fingerprint density at radius 3 is 2.84 bits per heavy atom. The number of aromatic nitrogens is 4. The van der Waals surface area contributed by atoms with E-state index in [0.29, 0.717) is 52.6 Å². The summed E-state index contributed by atoms with van der Waals surface area (Å²) in [6, 6.07) is 0. The second-order valence-corrected chi connectivity index (χ2v) is 12.9. The molecule has 0 bridgehead atoms. The summed E-state index contributed by atoms with van der Waals surface area (Å²) in [5.74, 6) is 1.96. The average Bonchev–Trinajstić information content (AvgIpc) is 3.48. The summed E-state index contributed by atoms with van der Waals surface area (Å²) in [7, 11) is 0. The summed E-state index contributed by atoms with van der Waals surface area (Å²) in [6.07, 6.45) is 14.4. The van der Waals surface area contributed by atoms with E-state index in [2.05, 4.69) is 56.7 Å². The monoisotopic (exact) mass is 524 g/mol. The van der Waals surface area contributed by atoms with Gasteiger partial charge >= 0.3 is 0 Å². The van der Waals surface area contributed by atoms with E-state index >= 15 is 0 Å². The number of nitrogen functional groups attached to an aromatic ring is 1. The number of aliphatic hydroxyl groups is 2. The number of ether oxygens (including phenoxy) is 1. The van der Waals surface area contributed by atoms with E-state index in [1.54, 1.807) is 22.8 Å². The van der Waals surface area contributed by atoms with Crippen LogP contribution in [0.15, 0.2) is 36.0 Å². The van der Waals surface area contributed by atoms with Gasteiger partial charge in [0.15, 0.2) is 5.52 Å². The average molecular weight is 525 g/mol. The minimum atomic E-state index is -0.715. The molecule has 2 fully saturated rings. The molecule has 0 radical (unpaired) electrons. The van der Waals surface area contributed by atoms with Crippen LogP contribution in [0.25, 0.3) is 11.2 Å². The van der Waals surface area contributed by atoms with Crippen LogP contribution < -0.4 is 10.3 Å². The fraction of sp³-hybridized carbons (Fsp3) is 0.700. The molecule has 6 atom stereocenters. The quantitative estimate of drug-likeness (QED) is 0.364. The van der Waals surface area contributed by atoms with Crippen LogP contribution in [0.1, 0.15) is 85.8 Å². The second-order valence-electron chi connectivity index (χ2n) is 12.9. The van der Waals surface area contributed by atoms with E-state index in [1.807, 2.05) is 4.57 Å². The first-order valence-electron chi connectivity index (χ1n) is 14.4. The van der Waals surface area contributed by atoms with Gasteiger partial charge in [0.1, 0.15) is 18.7 Å². The lowest BCUT2D eigenvalue weighted by molar-refractivity contribution is -0.674. The van der Waals surface area contributed by atoms with Crippen molar-refractivity contribution in [3.8, 4) is 0 Å². The van der Waals surface area contributed by atoms with Gasteiger partial charge in [-0.25, -0.2) is 9.55 Å². The van der Waals surface area contributed by atoms with Gasteiger partial charge in [-0.1, -0.05) is 62.4 Å². The maximum Gasteiger partial charge on any atom is 0.251 e. The van der Waals surface area contributed by atoms with Crippen LogP contribution >= 0.6 is 0 Å². The third-order valence-electron chi connectivity index (χ3n) is 10.1. The Bertz CT molecular complexity index is 1230. The van der Waals surface area contributed by atoms with Crippen molar-refractivity contribution >= 4 is 17.0 Å². The Morgan fingerprint density at radius 1 is 1.32 bits per heavy atom. The Hall–Kier alpha value is -2.29. The summed E-state index contributed by atoms with van der Waals surface area (Å²) in [5, 5.41) is 19.5. The number of nitrogens with zero attached hydrogens (tertiary/aromatic N) is 4. The first kappa shape index (κ1) is 27.3. The number of allylic oxidation sites excluding steroid dienone is 4. The SMILES string of the molecule is C/C(=C\C[n+]1cnc2c(ncn2[C@H]2C[C@H](O)[C@@H](CO)O2)c1N)CC[C@@]1(C)[C@@H]2CCCC(C)(C)C2=CC[C@@H]1C. The lowest BCUT2D eigenvalue weighted by Gasteiger charge is -2.53. The van der Waals surface area contributed by atoms with Gasteiger partial charge < -0.3 is 20.7 Å². The minimum absolute atomic E-state index is 0.222. The van der Waals surface area contributed by atoms with Crippen molar-refractivity contribution in [1.29, 1.82) is 0 Å². The molecule has 0 amide bonds. The Morgan fingerprint density at radius 2 is 2.11 bits per heavy atom. The largest absolute Gasteiger partial charge is 0.394 e. The molecule has 0 unspecified atom stereocenters. The molecule has 0 spiro atoms. The van der Waals surface area contributed by atoms with E-state index in [1.165, 1.54) is 37.7 Å². The van der Waals surface area contributed by atoms with Crippen LogP contribution in [-0.2, 0) is 11.3 Å². The maximum atomic E-state index is 10.1. The topological polar surface area (TPSA) is 110 Å². The predicted molar refractivity (Wildman–Crippen MR) is 148 cm³/mol. The van der Waals surface area contributed by atoms with E-state index in [4.69, 9.17) is 10.5 Å². The Labute approximate surface area is 226 Å². The van der Waals surface area contributed by atoms with Crippen molar-refractivity contribution in [1.82, 2.24) is 14.5 Å². The summed E-state index contributed by atoms with van der Waals surface area (Å²) in [6.45, 7) is 12.5. The third-order valence-corrected chi connectivity index (χ3v) is 10.1. The van der Waals surface area contributed by atoms with Crippen LogP contribution in [0.2, 0.25) is 0 Å². The van der Waals surface area contributed by atoms with Gasteiger partial charge in [0.2, 0.25) is 12.0 Å². The Kier molecular flexibility index (Phi) is 7.44. The van der Waals surface area contributed by atoms with Crippen molar-refractivity contribution in [2.45, 2.75) is 105 Å². The van der Waals surface area contributed by atoms with Crippen LogP contribution in [0.5, 0.6) is 0 Å². The molecule has 2 aromatic heterocycles. The molecule has 38 heavy (non-hydrogen) atoms. The number of hydrogen-bond acceptors (Lipinski definition) is 6. The number of nitrogens with two attached hydrogens (primary N) is 1. The summed E-state index contributed by atoms with van der Waals surface area (Å²) < 4.78 is 9.50. The molecule has 8 heteroatoms. The first-order chi connectivity index (χ1) is 18.0. The highest BCUT2D eigenvalue weighted by Gasteiger charge is 2.47. The molecule has 1 saturated carbocycles. The minimum Gasteiger partial charge on any atom is -0.394 e. The molecule has 3 aliphatic rings. The molecule has 2 aliphatic carbocycles. The van der Waals surface area contributed by atoms with Crippen molar-refractivity contribution in [2.75, 3.05) is 12.3 Å². The van der Waals surface area contributed by atoms with Gasteiger partial charge in [0, 0.05) is 6.42 Å². The zero-order valence-corrected chi connectivity index (χ0v) is 23.7. The third kappa shape index (κ3) is 4.80. The Balaban J connectivity index is 1.27. The number of hydrogen-bond donors (Lipinski definition) is 3. The van der Waals surface area contributed by atoms with Gasteiger partial charge in [-0.15, -0.1) is 0 Å². The molecule has 208 valence electrons. The highest BCUT2D eigenvalue weighted by molar-refractivity contribution is 5.79. The molecule has 2 aromatic rings. The first-order valence-corrected chi connectivity index (χ1v) is 14.4. The van der Waals surface area contributed by atoms with Crippen molar-refractivity contribution in [3.63, 3.8) is 0 Å². The molecule has 8 nitrogen and oxygen atoms in total. The normalized spacial score (nSPS) is 33.4. The summed E-state index contributed by atoms with van der Waals surface area (Å²) in [4.78, 5) is 9.12.